The standard InChI is InChI=1S/C16H16N4O6.C16H18N4O4.C11H10ClN3O4.C6H4BrClN2O3.C6H6BrN3O3.C6H7N3O3.C4H9NS.2CH4.BHNS.Fe.Pd.5Y/c1-6-25-16(21)13(17-4)10-7-11(24-5)14(18-15(10)20(22)23)12-8(2)19-26-9(12)3;1-5-23-16(21)12-9-6-10(22-4)13(18-15(9)19-14(12)17)11-7(2)20-24-8(11)3;1-5-9(6(2)19-14-5)10-8(18-3)4-7(12)11(13-10)15(16)17;2*1-13-4-2-3(8)6(10(11)12)9-5(4)7;1-12-4-2-5(7)6(8-3-4)9(10)11;1-3-6-4(2)5;;;1-2-3;;;;;;;/h7,13H,6H2,1-3,5H3;6H,5,17H2,1-4H3,(H,18,19);4H,1-3H3;2H,1H3;2H,8H2,1H3;2-3H,7H2,1H3;5H,3H2,1-2H3;2*1H4;3H;;;;;;;. The number of nitro groups is 5. The molecule has 0 aliphatic heterocycles. The molecule has 10 rings (SSSR count). The number of H-pyrrole nitrogens is 1. The zero-order valence-corrected chi connectivity index (χ0v) is 90.8. The number of aromatic amines is 1. The van der Waals surface area contributed by atoms with E-state index in [-0.39, 0.29) is 305 Å². The van der Waals surface area contributed by atoms with Crippen LogP contribution in [0.25, 0.3) is 49.7 Å². The summed E-state index contributed by atoms with van der Waals surface area (Å²) in [7, 11) is 12.9. The molecule has 0 saturated carbocycles. The summed E-state index contributed by atoms with van der Waals surface area (Å²) in [5, 5.41) is 72.9. The maximum absolute atomic E-state index is 12.1. The quantitative estimate of drug-likeness (QED) is 0.00475. The first-order chi connectivity index (χ1) is 54.7. The molecule has 1 unspecified atom stereocenters. The molecule has 6 radical (unpaired) electrons. The molecule has 0 bridgehead atoms. The van der Waals surface area contributed by atoms with Crippen molar-refractivity contribution in [3.63, 3.8) is 0 Å². The molecule has 8 N–H and O–H groups in total. The number of hydrogen-bond acceptors (Lipinski definition) is 39. The number of nitrogens with zero attached hydrogens (tertiary/aromatic N) is 16. The van der Waals surface area contributed by atoms with E-state index in [2.05, 4.69) is 112 Å². The van der Waals surface area contributed by atoms with E-state index in [1.54, 1.807) is 73.2 Å². The van der Waals surface area contributed by atoms with Gasteiger partial charge >= 0.3 is 71.8 Å². The minimum atomic E-state index is -1.52. The number of anilines is 3. The van der Waals surface area contributed by atoms with Crippen LogP contribution >= 0.6 is 79.6 Å². The van der Waals surface area contributed by atoms with Crippen molar-refractivity contribution in [3.05, 3.63) is 169 Å². The molecule has 0 aromatic carbocycles. The molecular weight excluding hydrogens is 2380 g/mol. The fourth-order valence-electron chi connectivity index (χ4n) is 9.33. The molecular formula is C67H79BBr2Cl2FeN21O23PdS2Y5. The number of pyridine rings is 6. The van der Waals surface area contributed by atoms with Gasteiger partial charge in [0.25, 0.3) is 9.21 Å². The van der Waals surface area contributed by atoms with Gasteiger partial charge in [0.05, 0.1) is 94.7 Å². The van der Waals surface area contributed by atoms with E-state index < -0.39 is 60.1 Å². The number of ether oxygens (including phenoxy) is 8. The Balaban J connectivity index is -0.000000263. The van der Waals surface area contributed by atoms with Crippen LogP contribution < -0.4 is 45.6 Å². The van der Waals surface area contributed by atoms with Gasteiger partial charge in [-0.25, -0.2) is 21.1 Å². The second kappa shape index (κ2) is 65.7. The van der Waals surface area contributed by atoms with Gasteiger partial charge in [-0.3, -0.25) is 10.3 Å². The van der Waals surface area contributed by atoms with Crippen molar-refractivity contribution in [2.45, 2.75) is 90.1 Å². The van der Waals surface area contributed by atoms with Crippen LogP contribution in [-0.2, 0) is 215 Å². The van der Waals surface area contributed by atoms with E-state index in [1.807, 2.05) is 13.8 Å². The van der Waals surface area contributed by atoms with Gasteiger partial charge in [-0.1, -0.05) is 60.4 Å². The normalized spacial score (nSPS) is 9.53. The number of nitrogen functional groups attached to an aromatic ring is 3. The van der Waals surface area contributed by atoms with Crippen molar-refractivity contribution in [2.75, 3.05) is 78.8 Å². The van der Waals surface area contributed by atoms with E-state index in [0.717, 1.165) is 11.3 Å². The van der Waals surface area contributed by atoms with Crippen molar-refractivity contribution in [3.8, 4) is 68.3 Å². The number of aromatic nitrogens is 10. The van der Waals surface area contributed by atoms with Crippen molar-refractivity contribution in [1.29, 1.82) is 5.41 Å². The van der Waals surface area contributed by atoms with Gasteiger partial charge in [-0.05, 0) is 124 Å². The van der Waals surface area contributed by atoms with Gasteiger partial charge in [0, 0.05) is 269 Å². The molecule has 1 atom stereocenters. The molecule has 0 aliphatic rings. The molecule has 0 aliphatic carbocycles. The number of nitrogens with two attached hydrogens (primary N) is 3. The minimum absolute atomic E-state index is 0. The second-order valence-electron chi connectivity index (χ2n) is 21.6. The summed E-state index contributed by atoms with van der Waals surface area (Å²) in [6.07, 6.45) is 1.24. The predicted molar refractivity (Wildman–Crippen MR) is 448 cm³/mol. The molecule has 0 saturated heterocycles. The summed E-state index contributed by atoms with van der Waals surface area (Å²) in [5.41, 5.74) is 21.6. The zero-order valence-electron chi connectivity index (χ0n) is 67.5. The fourth-order valence-corrected chi connectivity index (χ4v) is 11.1. The van der Waals surface area contributed by atoms with Crippen LogP contribution in [0, 0.1) is 104 Å². The first kappa shape index (κ1) is 132. The molecule has 58 heteroatoms. The average Bonchev–Trinajstić information content (AvgIpc) is 1.65. The Morgan fingerprint density at radius 1 is 0.600 bits per heavy atom. The third-order valence-corrected chi connectivity index (χ3v) is 16.6. The summed E-state index contributed by atoms with van der Waals surface area (Å²) in [4.78, 5) is 104. The van der Waals surface area contributed by atoms with E-state index in [0.29, 0.717) is 96.0 Å². The number of rotatable bonds is 20. The number of thioether (sulfide) groups is 1. The Kier molecular flexibility index (Phi) is 69.5. The molecule has 44 nitrogen and oxygen atoms in total. The van der Waals surface area contributed by atoms with E-state index in [9.17, 15) is 60.2 Å². The third-order valence-electron chi connectivity index (χ3n) is 14.2. The van der Waals surface area contributed by atoms with E-state index in [1.165, 1.54) is 79.2 Å². The first-order valence-corrected chi connectivity index (χ1v) is 35.8. The Bertz CT molecular complexity index is 5210. The molecule has 125 heavy (non-hydrogen) atoms. The molecule has 0 spiro atoms. The van der Waals surface area contributed by atoms with E-state index in [4.69, 9.17) is 104 Å². The smallest absolute Gasteiger partial charge is 0.395 e. The van der Waals surface area contributed by atoms with Gasteiger partial charge in [0.2, 0.25) is 11.4 Å². The predicted octanol–water partition coefficient (Wildman–Crippen LogP) is 15.8. The van der Waals surface area contributed by atoms with Gasteiger partial charge < -0.3 is 124 Å². The largest absolute Gasteiger partial charge is 0.492 e. The fraction of sp³-hybridized carbons (Fsp3) is 0.328. The monoisotopic (exact) mass is 2450 g/mol. The zero-order chi connectivity index (χ0) is 87.9. The minimum Gasteiger partial charge on any atom is -0.492 e. The van der Waals surface area contributed by atoms with Crippen LogP contribution in [0.3, 0.4) is 0 Å². The molecule has 666 valence electrons. The van der Waals surface area contributed by atoms with Crippen LogP contribution in [0.15, 0.2) is 69.7 Å². The number of thiol groups is 1. The maximum Gasteiger partial charge on any atom is 0.395 e. The van der Waals surface area contributed by atoms with Gasteiger partial charge in [-0.2, -0.15) is 0 Å². The average molecular weight is 2460 g/mol. The molecule has 0 fully saturated rings. The van der Waals surface area contributed by atoms with Crippen LogP contribution in [0.5, 0.6) is 34.5 Å². The number of esters is 2. The van der Waals surface area contributed by atoms with Crippen LogP contribution in [-0.4, -0.2) is 161 Å². The summed E-state index contributed by atoms with van der Waals surface area (Å²) in [6, 6.07) is 6.83. The van der Waals surface area contributed by atoms with Crippen molar-refractivity contribution >= 4 is 162 Å². The molecule has 10 aromatic rings. The van der Waals surface area contributed by atoms with Crippen LogP contribution in [0.4, 0.5) is 46.3 Å². The van der Waals surface area contributed by atoms with E-state index >= 15 is 0 Å². The maximum atomic E-state index is 12.1. The Hall–Kier alpha value is -5.82. The number of methoxy groups -OCH3 is 6. The number of halogens is 4. The molecule has 0 amide bonds. The topological polar surface area (TPSA) is 614 Å². The number of hydrogen-bond donors (Lipinski definition) is 6. The van der Waals surface area contributed by atoms with Gasteiger partial charge in [0.15, 0.2) is 34.9 Å². The SMILES string of the molecule is C.C.CCOC(=O)c1c(N)[nH]c2nc(-c3c(C)noc3C)c(OC)cc12.CCSC(C)=N.COc1cc(Cl)c([N+](=O)[O-])nc1-c1c(C)noc1C.COc1cc(Cl)c([N+](=O)[O-])nc1Br.COc1cc(N)c([N+](=O)[O-])nc1Br.COc1cnc([N+](=O)[O-])c(N)c1.[B]=NS.[C-]#[N+]C(C(=O)OCC)c1cc(OC)c(-c2c(C)noc2C)nc1[N+](=O)[O-].[Fe].[Pd].[Y].[Y].[Y].[Y].[Y]. The summed E-state index contributed by atoms with van der Waals surface area (Å²) in [5.74, 6) is 1.26. The van der Waals surface area contributed by atoms with Crippen LogP contribution in [0.1, 0.15) is 98.9 Å². The summed E-state index contributed by atoms with van der Waals surface area (Å²) < 4.78 is 58.8. The van der Waals surface area contributed by atoms with Crippen molar-refractivity contribution < 1.29 is 287 Å². The number of nitrogens with one attached hydrogen (secondary N) is 2. The molecule has 10 heterocycles. The Morgan fingerprint density at radius 2 is 0.960 bits per heavy atom. The van der Waals surface area contributed by atoms with Crippen molar-refractivity contribution in [1.82, 2.24) is 50.4 Å². The third kappa shape index (κ3) is 37.9. The van der Waals surface area contributed by atoms with Gasteiger partial charge in [0.1, 0.15) is 72.7 Å². The Morgan fingerprint density at radius 3 is 1.30 bits per heavy atom. The summed E-state index contributed by atoms with van der Waals surface area (Å²) >= 11 is 22.1. The van der Waals surface area contributed by atoms with Crippen LogP contribution in [0.2, 0.25) is 10.0 Å². The number of carbonyl (C=O) groups is 2. The Labute approximate surface area is 902 Å². The first-order valence-electron chi connectivity index (χ1n) is 32.1. The van der Waals surface area contributed by atoms with Crippen molar-refractivity contribution in [2.24, 2.45) is 4.30 Å². The number of aryl methyl sites for hydroxylation is 6. The second-order valence-corrected chi connectivity index (χ2v) is 25.6. The number of carbonyl (C=O) groups excluding carboxylic acids is 2. The summed E-state index contributed by atoms with van der Waals surface area (Å²) in [6.45, 7) is 25.0. The number of fused-ring (bicyclic) bond motifs is 1. The molecule has 10 aromatic heterocycles. The van der Waals surface area contributed by atoms with Gasteiger partial charge in [-0.15, -0.1) is 11.8 Å².